The van der Waals surface area contributed by atoms with Gasteiger partial charge in [-0.2, -0.15) is 4.98 Å². The van der Waals surface area contributed by atoms with Crippen LogP contribution in [0, 0.1) is 13.8 Å². The normalized spacial score (nSPS) is 11.9. The second-order valence-electron chi connectivity index (χ2n) is 9.58. The Morgan fingerprint density at radius 1 is 1.05 bits per heavy atom. The number of anilines is 1. The predicted molar refractivity (Wildman–Crippen MR) is 144 cm³/mol. The first-order chi connectivity index (χ1) is 17.4. The number of alkyl carbamates (subject to hydrolysis) is 1. The van der Waals surface area contributed by atoms with Crippen LogP contribution in [0.4, 0.5) is 10.7 Å². The summed E-state index contributed by atoms with van der Waals surface area (Å²) in [5.41, 5.74) is 3.34. The maximum absolute atomic E-state index is 12.1. The van der Waals surface area contributed by atoms with Gasteiger partial charge in [0, 0.05) is 16.5 Å². The third kappa shape index (κ3) is 8.38. The Bertz CT molecular complexity index is 1260. The Morgan fingerprint density at radius 3 is 2.38 bits per heavy atom. The summed E-state index contributed by atoms with van der Waals surface area (Å²) in [5, 5.41) is 12.0. The predicted octanol–water partition coefficient (Wildman–Crippen LogP) is 5.87. The van der Waals surface area contributed by atoms with Gasteiger partial charge in [-0.1, -0.05) is 24.3 Å². The van der Waals surface area contributed by atoms with Gasteiger partial charge in [-0.15, -0.1) is 0 Å². The molecule has 3 N–H and O–H groups in total. The molecule has 0 fully saturated rings. The number of nitrogens with one attached hydrogen (secondary N) is 2. The number of amides is 1. The van der Waals surface area contributed by atoms with E-state index in [1.165, 1.54) is 18.0 Å². The van der Waals surface area contributed by atoms with Crippen molar-refractivity contribution in [2.75, 3.05) is 11.3 Å². The summed E-state index contributed by atoms with van der Waals surface area (Å²) in [4.78, 5) is 33.2. The number of rotatable bonds is 9. The van der Waals surface area contributed by atoms with E-state index in [2.05, 4.69) is 20.0 Å². The lowest BCUT2D eigenvalue weighted by Gasteiger charge is -2.22. The minimum Gasteiger partial charge on any atom is -0.478 e. The summed E-state index contributed by atoms with van der Waals surface area (Å²) in [6, 6.07) is 14.0. The Hall–Kier alpha value is -3.79. The Kier molecular flexibility index (Phi) is 8.99. The van der Waals surface area contributed by atoms with Crippen molar-refractivity contribution >= 4 is 30.0 Å². The fourth-order valence-corrected chi connectivity index (χ4v) is 4.08. The van der Waals surface area contributed by atoms with E-state index < -0.39 is 17.7 Å². The van der Waals surface area contributed by atoms with E-state index >= 15 is 0 Å². The average molecular weight is 525 g/mol. The van der Waals surface area contributed by atoms with Crippen LogP contribution in [0.1, 0.15) is 49.2 Å². The molecular formula is C27H32N4O5S. The van der Waals surface area contributed by atoms with Crippen LogP contribution in [0.5, 0.6) is 5.88 Å². The highest BCUT2D eigenvalue weighted by Gasteiger charge is 2.19. The lowest BCUT2D eigenvalue weighted by atomic mass is 10.00. The monoisotopic (exact) mass is 524 g/mol. The topological polar surface area (TPSA) is 123 Å². The molecule has 196 valence electrons. The maximum Gasteiger partial charge on any atom is 0.407 e. The number of benzene rings is 2. The highest BCUT2D eigenvalue weighted by molar-refractivity contribution is 8.00. The number of aryl methyl sites for hydroxylation is 2. The van der Waals surface area contributed by atoms with Crippen LogP contribution in [-0.2, 0) is 4.74 Å². The lowest BCUT2D eigenvalue weighted by Crippen LogP contribution is -2.40. The summed E-state index contributed by atoms with van der Waals surface area (Å²) < 4.78 is 14.3. The average Bonchev–Trinajstić information content (AvgIpc) is 2.80. The molecule has 3 aromatic rings. The van der Waals surface area contributed by atoms with Crippen molar-refractivity contribution in [3.63, 3.8) is 0 Å². The molecule has 1 aromatic heterocycles. The second kappa shape index (κ2) is 12.0. The fourth-order valence-electron chi connectivity index (χ4n) is 3.45. The van der Waals surface area contributed by atoms with Gasteiger partial charge in [-0.3, -0.25) is 4.72 Å². The molecule has 0 saturated heterocycles. The van der Waals surface area contributed by atoms with E-state index in [9.17, 15) is 14.7 Å². The third-order valence-electron chi connectivity index (χ3n) is 5.03. The number of carbonyl (C=O) groups is 2. The van der Waals surface area contributed by atoms with Gasteiger partial charge in [0.1, 0.15) is 12.2 Å². The van der Waals surface area contributed by atoms with Crippen LogP contribution in [0.25, 0.3) is 11.3 Å². The number of carbonyl (C=O) groups excluding carboxylic acids is 1. The number of aromatic nitrogens is 2. The molecule has 0 spiro atoms. The van der Waals surface area contributed by atoms with Gasteiger partial charge in [0.2, 0.25) is 11.8 Å². The molecule has 1 unspecified atom stereocenters. The lowest BCUT2D eigenvalue weighted by molar-refractivity contribution is 0.0492. The van der Waals surface area contributed by atoms with Gasteiger partial charge in [0.15, 0.2) is 0 Å². The quantitative estimate of drug-likeness (QED) is 0.295. The highest BCUT2D eigenvalue weighted by atomic mass is 32.2. The summed E-state index contributed by atoms with van der Waals surface area (Å²) in [5.74, 6) is -0.373. The van der Waals surface area contributed by atoms with Gasteiger partial charge in [0.05, 0.1) is 17.3 Å². The first kappa shape index (κ1) is 27.8. The molecule has 1 amide bonds. The zero-order valence-electron chi connectivity index (χ0n) is 21.8. The van der Waals surface area contributed by atoms with E-state index in [4.69, 9.17) is 9.47 Å². The van der Waals surface area contributed by atoms with Gasteiger partial charge in [-0.25, -0.2) is 14.6 Å². The standard InChI is InChI=1S/C27H32N4O5S/c1-16-9-7-10-17(2)23(16)21-14-22(35-15-18(3)28-26(34)36-27(4,5)6)30-25(29-21)31-37-20-12-8-11-19(13-20)24(32)33/h7-14,18H,15H2,1-6H3,(H,28,34)(H,32,33)(H,29,30,31). The van der Waals surface area contributed by atoms with Crippen molar-refractivity contribution in [2.45, 2.75) is 58.1 Å². The molecule has 1 heterocycles. The van der Waals surface area contributed by atoms with E-state index in [0.717, 1.165) is 16.7 Å². The first-order valence-corrected chi connectivity index (χ1v) is 12.6. The number of hydrogen-bond donors (Lipinski definition) is 3. The number of nitrogens with zero attached hydrogens (tertiary/aromatic N) is 2. The van der Waals surface area contributed by atoms with Crippen LogP contribution in [0.15, 0.2) is 53.4 Å². The first-order valence-electron chi connectivity index (χ1n) is 11.8. The zero-order chi connectivity index (χ0) is 27.2. The van der Waals surface area contributed by atoms with Crippen LogP contribution in [0.3, 0.4) is 0 Å². The number of aromatic carboxylic acids is 1. The Balaban J connectivity index is 1.82. The summed E-state index contributed by atoms with van der Waals surface area (Å²) >= 11 is 1.20. The molecular weight excluding hydrogens is 492 g/mol. The van der Waals surface area contributed by atoms with E-state index in [-0.39, 0.29) is 18.2 Å². The molecule has 9 nitrogen and oxygen atoms in total. The molecule has 2 aromatic carbocycles. The van der Waals surface area contributed by atoms with E-state index in [1.807, 2.05) is 39.0 Å². The Morgan fingerprint density at radius 2 is 1.73 bits per heavy atom. The highest BCUT2D eigenvalue weighted by Crippen LogP contribution is 2.30. The molecule has 0 aliphatic rings. The van der Waals surface area contributed by atoms with Crippen molar-refractivity contribution < 1.29 is 24.2 Å². The number of hydrogen-bond acceptors (Lipinski definition) is 8. The molecule has 0 aliphatic heterocycles. The molecule has 0 aliphatic carbocycles. The summed E-state index contributed by atoms with van der Waals surface area (Å²) in [7, 11) is 0. The van der Waals surface area contributed by atoms with Gasteiger partial charge in [0.25, 0.3) is 0 Å². The van der Waals surface area contributed by atoms with Gasteiger partial charge < -0.3 is 19.9 Å². The molecule has 1 atom stereocenters. The molecule has 0 bridgehead atoms. The summed E-state index contributed by atoms with van der Waals surface area (Å²) in [6.07, 6.45) is -0.523. The van der Waals surface area contributed by atoms with Crippen molar-refractivity contribution in [1.29, 1.82) is 0 Å². The van der Waals surface area contributed by atoms with Crippen LogP contribution in [0.2, 0.25) is 0 Å². The van der Waals surface area contributed by atoms with Gasteiger partial charge >= 0.3 is 12.1 Å². The number of carboxylic acid groups (broad SMARTS) is 1. The van der Waals surface area contributed by atoms with Crippen LogP contribution >= 0.6 is 11.9 Å². The molecule has 0 radical (unpaired) electrons. The minimum atomic E-state index is -1.000. The molecule has 3 rings (SSSR count). The SMILES string of the molecule is Cc1cccc(C)c1-c1cc(OCC(C)NC(=O)OC(C)(C)C)nc(NSc2cccc(C(=O)O)c2)n1. The van der Waals surface area contributed by atoms with Crippen molar-refractivity contribution in [3.05, 3.63) is 65.2 Å². The fraction of sp³-hybridized carbons (Fsp3) is 0.333. The van der Waals surface area contributed by atoms with Gasteiger partial charge in [-0.05, 0) is 82.8 Å². The van der Waals surface area contributed by atoms with Crippen LogP contribution in [-0.4, -0.2) is 45.4 Å². The summed E-state index contributed by atoms with van der Waals surface area (Å²) in [6.45, 7) is 11.4. The largest absolute Gasteiger partial charge is 0.478 e. The van der Waals surface area contributed by atoms with E-state index in [0.29, 0.717) is 22.4 Å². The number of ether oxygens (including phenoxy) is 2. The van der Waals surface area contributed by atoms with Crippen molar-refractivity contribution in [1.82, 2.24) is 15.3 Å². The molecule has 37 heavy (non-hydrogen) atoms. The number of carboxylic acids is 1. The van der Waals surface area contributed by atoms with Crippen LogP contribution < -0.4 is 14.8 Å². The maximum atomic E-state index is 12.1. The second-order valence-corrected chi connectivity index (χ2v) is 10.5. The Labute approximate surface area is 221 Å². The molecule has 0 saturated carbocycles. The third-order valence-corrected chi connectivity index (χ3v) is 5.80. The smallest absolute Gasteiger partial charge is 0.407 e. The minimum absolute atomic E-state index is 0.162. The van der Waals surface area contributed by atoms with Crippen molar-refractivity contribution in [2.24, 2.45) is 0 Å². The zero-order valence-corrected chi connectivity index (χ0v) is 22.6. The van der Waals surface area contributed by atoms with Crippen molar-refractivity contribution in [3.8, 4) is 17.1 Å². The molecule has 10 heteroatoms. The van der Waals surface area contributed by atoms with E-state index in [1.54, 1.807) is 45.0 Å².